The van der Waals surface area contributed by atoms with E-state index < -0.39 is 4.92 Å². The van der Waals surface area contributed by atoms with Crippen LogP contribution in [0.1, 0.15) is 34.7 Å². The first-order chi connectivity index (χ1) is 19.3. The van der Waals surface area contributed by atoms with Crippen LogP contribution in [0.25, 0.3) is 5.69 Å². The van der Waals surface area contributed by atoms with Crippen LogP contribution in [0.3, 0.4) is 0 Å². The van der Waals surface area contributed by atoms with Crippen molar-refractivity contribution in [1.29, 1.82) is 0 Å². The summed E-state index contributed by atoms with van der Waals surface area (Å²) in [5.41, 5.74) is 5.08. The first-order valence-electron chi connectivity index (χ1n) is 12.5. The summed E-state index contributed by atoms with van der Waals surface area (Å²) in [5.74, 6) is 1.71. The van der Waals surface area contributed by atoms with Crippen LogP contribution in [0, 0.1) is 24.0 Å². The van der Waals surface area contributed by atoms with E-state index in [1.807, 2.05) is 59.7 Å². The van der Waals surface area contributed by atoms with Gasteiger partial charge in [-0.2, -0.15) is 0 Å². The molecule has 1 fully saturated rings. The molecule has 1 aliphatic heterocycles. The largest absolute Gasteiger partial charge is 0.497 e. The van der Waals surface area contributed by atoms with Crippen LogP contribution in [0.15, 0.2) is 66.9 Å². The highest BCUT2D eigenvalue weighted by Gasteiger charge is 2.43. The minimum Gasteiger partial charge on any atom is -0.497 e. The van der Waals surface area contributed by atoms with Crippen molar-refractivity contribution in [3.8, 4) is 22.9 Å². The molecule has 1 aliphatic rings. The van der Waals surface area contributed by atoms with E-state index in [-0.39, 0.29) is 17.8 Å². The predicted octanol–water partition coefficient (Wildman–Crippen LogP) is 5.60. The second kappa shape index (κ2) is 10.9. The third kappa shape index (κ3) is 4.58. The molecule has 5 rings (SSSR count). The molecule has 0 spiro atoms. The van der Waals surface area contributed by atoms with Crippen LogP contribution < -0.4 is 24.4 Å². The molecular weight excluding hydrogens is 530 g/mol. The molecule has 0 saturated carbocycles. The second-order valence-corrected chi connectivity index (χ2v) is 9.70. The van der Waals surface area contributed by atoms with Crippen LogP contribution in [-0.4, -0.2) is 40.9 Å². The van der Waals surface area contributed by atoms with E-state index in [4.69, 9.17) is 26.4 Å². The Labute approximate surface area is 237 Å². The van der Waals surface area contributed by atoms with Crippen LogP contribution in [0.2, 0.25) is 0 Å². The minimum atomic E-state index is -0.435. The van der Waals surface area contributed by atoms with E-state index in [9.17, 15) is 10.1 Å². The number of pyridine rings is 1. The average Bonchev–Trinajstić information content (AvgIpc) is 3.46. The molecule has 2 aromatic carbocycles. The van der Waals surface area contributed by atoms with Gasteiger partial charge in [-0.15, -0.1) is 0 Å². The molecule has 0 amide bonds. The molecule has 40 heavy (non-hydrogen) atoms. The number of nitrogens with zero attached hydrogens (tertiary/aromatic N) is 4. The molecule has 0 aliphatic carbocycles. The smallest absolute Gasteiger partial charge is 0.273 e. The number of methoxy groups -OCH3 is 3. The molecule has 0 unspecified atom stereocenters. The van der Waals surface area contributed by atoms with Gasteiger partial charge in [0, 0.05) is 29.7 Å². The Morgan fingerprint density at radius 2 is 1.73 bits per heavy atom. The first kappa shape index (κ1) is 26.9. The van der Waals surface area contributed by atoms with Gasteiger partial charge in [-0.25, -0.2) is 0 Å². The molecule has 4 aromatic rings. The fourth-order valence-electron chi connectivity index (χ4n) is 5.34. The number of anilines is 1. The molecule has 11 heteroatoms. The Hall–Kier alpha value is -4.64. The number of ether oxygens (including phenoxy) is 3. The van der Waals surface area contributed by atoms with Gasteiger partial charge in [0.25, 0.3) is 5.69 Å². The molecule has 2 atom stereocenters. The van der Waals surface area contributed by atoms with E-state index in [0.29, 0.717) is 28.0 Å². The Bertz CT molecular complexity index is 1590. The molecule has 3 heterocycles. The summed E-state index contributed by atoms with van der Waals surface area (Å²) in [6.07, 6.45) is 1.76. The second-order valence-electron chi connectivity index (χ2n) is 9.31. The summed E-state index contributed by atoms with van der Waals surface area (Å²) in [5, 5.41) is 15.4. The number of benzene rings is 2. The van der Waals surface area contributed by atoms with E-state index in [1.54, 1.807) is 26.5 Å². The number of rotatable bonds is 8. The molecule has 1 N–H and O–H groups in total. The third-order valence-electron chi connectivity index (χ3n) is 7.15. The summed E-state index contributed by atoms with van der Waals surface area (Å²) in [6.45, 7) is 4.01. The van der Waals surface area contributed by atoms with Gasteiger partial charge in [0.2, 0.25) is 0 Å². The van der Waals surface area contributed by atoms with Crippen molar-refractivity contribution in [2.45, 2.75) is 25.9 Å². The quantitative estimate of drug-likeness (QED) is 0.168. The van der Waals surface area contributed by atoms with E-state index >= 15 is 0 Å². The topological polar surface area (TPSA) is 104 Å². The van der Waals surface area contributed by atoms with Gasteiger partial charge in [-0.05, 0) is 68.0 Å². The average molecular weight is 560 g/mol. The van der Waals surface area contributed by atoms with E-state index in [1.165, 1.54) is 19.2 Å². The molecule has 0 bridgehead atoms. The molecule has 1 saturated heterocycles. The van der Waals surface area contributed by atoms with Crippen molar-refractivity contribution < 1.29 is 19.1 Å². The fraction of sp³-hybridized carbons (Fsp3) is 0.241. The predicted molar refractivity (Wildman–Crippen MR) is 156 cm³/mol. The maximum Gasteiger partial charge on any atom is 0.273 e. The maximum absolute atomic E-state index is 11.4. The highest BCUT2D eigenvalue weighted by Crippen LogP contribution is 2.47. The highest BCUT2D eigenvalue weighted by molar-refractivity contribution is 7.80. The zero-order valence-electron chi connectivity index (χ0n) is 22.7. The third-order valence-corrected chi connectivity index (χ3v) is 7.46. The van der Waals surface area contributed by atoms with Gasteiger partial charge < -0.3 is 29.0 Å². The number of nitrogens with one attached hydrogen (secondary N) is 1. The highest BCUT2D eigenvalue weighted by atomic mass is 32.1. The monoisotopic (exact) mass is 559 g/mol. The van der Waals surface area contributed by atoms with Gasteiger partial charge in [0.05, 0.1) is 61.5 Å². The summed E-state index contributed by atoms with van der Waals surface area (Å²) < 4.78 is 18.9. The lowest BCUT2D eigenvalue weighted by Crippen LogP contribution is -2.30. The normalized spacial score (nSPS) is 16.5. The standard InChI is InChI=1S/C29H29N5O5S/c1-17-14-21(18(2)32(17)23-11-9-19(34(35)36)15-26(23)39-5)28-27(22-8-6-7-13-30-22)31-29(40)33(28)24-16-20(37-3)10-12-25(24)38-4/h6-16,27-28H,1-5H3,(H,31,40)/t27-,28+/m1/s1. The summed E-state index contributed by atoms with van der Waals surface area (Å²) in [7, 11) is 4.74. The lowest BCUT2D eigenvalue weighted by atomic mass is 9.96. The van der Waals surface area contributed by atoms with Gasteiger partial charge in [-0.3, -0.25) is 15.1 Å². The lowest BCUT2D eigenvalue weighted by molar-refractivity contribution is -0.384. The van der Waals surface area contributed by atoms with Gasteiger partial charge in [0.15, 0.2) is 5.11 Å². The van der Waals surface area contributed by atoms with Crippen molar-refractivity contribution in [2.75, 3.05) is 26.2 Å². The van der Waals surface area contributed by atoms with Crippen molar-refractivity contribution >= 4 is 28.7 Å². The van der Waals surface area contributed by atoms with Crippen LogP contribution in [-0.2, 0) is 0 Å². The summed E-state index contributed by atoms with van der Waals surface area (Å²) >= 11 is 5.92. The van der Waals surface area contributed by atoms with Crippen molar-refractivity contribution in [2.24, 2.45) is 0 Å². The number of hydrogen-bond donors (Lipinski definition) is 1. The number of hydrogen-bond acceptors (Lipinski definition) is 7. The van der Waals surface area contributed by atoms with Crippen molar-refractivity contribution in [3.05, 3.63) is 99.6 Å². The molecule has 10 nitrogen and oxygen atoms in total. The fourth-order valence-corrected chi connectivity index (χ4v) is 5.68. The zero-order valence-corrected chi connectivity index (χ0v) is 23.6. The number of thiocarbonyl (C=S) groups is 1. The molecule has 2 aromatic heterocycles. The van der Waals surface area contributed by atoms with Crippen molar-refractivity contribution in [3.63, 3.8) is 0 Å². The summed E-state index contributed by atoms with van der Waals surface area (Å²) in [4.78, 5) is 17.6. The Balaban J connectivity index is 1.72. The number of non-ortho nitro benzene ring substituents is 1. The van der Waals surface area contributed by atoms with Crippen molar-refractivity contribution in [1.82, 2.24) is 14.9 Å². The molecule has 0 radical (unpaired) electrons. The maximum atomic E-state index is 11.4. The van der Waals surface area contributed by atoms with Crippen LogP contribution in [0.5, 0.6) is 17.2 Å². The molecular formula is C29H29N5O5S. The van der Waals surface area contributed by atoms with E-state index in [2.05, 4.69) is 16.4 Å². The SMILES string of the molecule is COc1ccc(OC)c(N2C(=S)N[C@H](c3ccccn3)[C@@H]2c2cc(C)n(-c3ccc([N+](=O)[O-])cc3OC)c2C)c1. The van der Waals surface area contributed by atoms with Gasteiger partial charge in [0.1, 0.15) is 17.2 Å². The number of aryl methyl sites for hydroxylation is 1. The minimum absolute atomic E-state index is 0.0415. The number of aromatic nitrogens is 2. The van der Waals surface area contributed by atoms with Gasteiger partial charge >= 0.3 is 0 Å². The lowest BCUT2D eigenvalue weighted by Gasteiger charge is -2.29. The van der Waals surface area contributed by atoms with E-state index in [0.717, 1.165) is 28.3 Å². The zero-order chi connectivity index (χ0) is 28.6. The Morgan fingerprint density at radius 1 is 0.950 bits per heavy atom. The van der Waals surface area contributed by atoms with Crippen LogP contribution >= 0.6 is 12.2 Å². The Kier molecular flexibility index (Phi) is 7.31. The number of nitro groups is 1. The summed E-state index contributed by atoms with van der Waals surface area (Å²) in [6, 6.07) is 17.5. The first-order valence-corrected chi connectivity index (χ1v) is 12.9. The Morgan fingerprint density at radius 3 is 2.38 bits per heavy atom. The van der Waals surface area contributed by atoms with Gasteiger partial charge in [-0.1, -0.05) is 6.07 Å². The molecule has 206 valence electrons. The number of nitro benzene ring substituents is 1. The van der Waals surface area contributed by atoms with Crippen LogP contribution in [0.4, 0.5) is 11.4 Å².